The molecule has 0 fully saturated rings. The molecule has 8 nitrogen and oxygen atoms in total. The van der Waals surface area contributed by atoms with Crippen molar-refractivity contribution in [1.82, 2.24) is 9.44 Å². The lowest BCUT2D eigenvalue weighted by Crippen LogP contribution is -2.24. The van der Waals surface area contributed by atoms with Crippen LogP contribution in [0.25, 0.3) is 0 Å². The van der Waals surface area contributed by atoms with Gasteiger partial charge in [-0.3, -0.25) is 0 Å². The van der Waals surface area contributed by atoms with Crippen LogP contribution in [0, 0.1) is 0 Å². The maximum atomic E-state index is 12.4. The fourth-order valence-corrected chi connectivity index (χ4v) is 4.88. The Balaban J connectivity index is 1.66. The molecule has 0 bridgehead atoms. The summed E-state index contributed by atoms with van der Waals surface area (Å²) in [6.45, 7) is 0.0971. The lowest BCUT2D eigenvalue weighted by Gasteiger charge is -2.10. The minimum absolute atomic E-state index is 0.0486. The van der Waals surface area contributed by atoms with E-state index in [0.717, 1.165) is 0 Å². The van der Waals surface area contributed by atoms with E-state index in [2.05, 4.69) is 9.44 Å². The zero-order valence-corrected chi connectivity index (χ0v) is 17.6. The zero-order valence-electron chi connectivity index (χ0n) is 15.9. The summed E-state index contributed by atoms with van der Waals surface area (Å²) < 4.78 is 54.7. The highest BCUT2D eigenvalue weighted by atomic mass is 32.2. The van der Waals surface area contributed by atoms with Gasteiger partial charge in [-0.15, -0.1) is 0 Å². The highest BCUT2D eigenvalue weighted by molar-refractivity contribution is 7.89. The van der Waals surface area contributed by atoms with E-state index in [-0.39, 0.29) is 22.9 Å². The first-order chi connectivity index (χ1) is 14.2. The van der Waals surface area contributed by atoms with Crippen molar-refractivity contribution in [2.24, 2.45) is 0 Å². The molecule has 0 heterocycles. The number of nitrogen functional groups attached to an aromatic ring is 2. The summed E-state index contributed by atoms with van der Waals surface area (Å²) in [4.78, 5) is 0.155. The summed E-state index contributed by atoms with van der Waals surface area (Å²) in [6.07, 6.45) is 0. The second-order valence-corrected chi connectivity index (χ2v) is 10.1. The number of rotatable bonds is 8. The lowest BCUT2D eigenvalue weighted by atomic mass is 10.1. The van der Waals surface area contributed by atoms with Gasteiger partial charge in [0.05, 0.1) is 9.79 Å². The van der Waals surface area contributed by atoms with Gasteiger partial charge in [-0.25, -0.2) is 26.3 Å². The van der Waals surface area contributed by atoms with Gasteiger partial charge in [0.15, 0.2) is 0 Å². The Morgan fingerprint density at radius 1 is 0.600 bits per heavy atom. The van der Waals surface area contributed by atoms with Gasteiger partial charge in [0.1, 0.15) is 0 Å². The van der Waals surface area contributed by atoms with Gasteiger partial charge in [0.25, 0.3) is 0 Å². The van der Waals surface area contributed by atoms with E-state index < -0.39 is 20.0 Å². The summed E-state index contributed by atoms with van der Waals surface area (Å²) in [7, 11) is -7.45. The van der Waals surface area contributed by atoms with Crippen molar-refractivity contribution in [2.75, 3.05) is 11.5 Å². The third-order valence-corrected chi connectivity index (χ3v) is 7.06. The first kappa shape index (κ1) is 21.8. The van der Waals surface area contributed by atoms with Crippen molar-refractivity contribution in [3.05, 3.63) is 83.9 Å². The standard InChI is InChI=1S/C20H22N4O4S2/c21-17-6-2-8-19(11-17)29(25,26)23-13-15-4-1-5-16(10-15)14-24-30(27,28)20-9-3-7-18(22)12-20/h1-12,23-24H,13-14,21-22H2. The molecule has 30 heavy (non-hydrogen) atoms. The number of anilines is 2. The van der Waals surface area contributed by atoms with E-state index in [4.69, 9.17) is 11.5 Å². The summed E-state index contributed by atoms with van der Waals surface area (Å²) in [5, 5.41) is 0. The van der Waals surface area contributed by atoms with Gasteiger partial charge in [-0.1, -0.05) is 36.4 Å². The number of hydrogen-bond donors (Lipinski definition) is 4. The monoisotopic (exact) mass is 446 g/mol. The normalized spacial score (nSPS) is 12.0. The summed E-state index contributed by atoms with van der Waals surface area (Å²) >= 11 is 0. The van der Waals surface area contributed by atoms with Gasteiger partial charge in [-0.2, -0.15) is 0 Å². The summed E-state index contributed by atoms with van der Waals surface area (Å²) in [5.41, 5.74) is 13.4. The Bertz CT molecular complexity index is 1160. The SMILES string of the molecule is Nc1cccc(S(=O)(=O)NCc2cccc(CNS(=O)(=O)c3cccc(N)c3)c2)c1. The van der Waals surface area contributed by atoms with Crippen LogP contribution in [0.5, 0.6) is 0 Å². The average molecular weight is 447 g/mol. The smallest absolute Gasteiger partial charge is 0.240 e. The fourth-order valence-electron chi connectivity index (χ4n) is 2.74. The molecular weight excluding hydrogens is 424 g/mol. The van der Waals surface area contributed by atoms with Crippen LogP contribution in [0.4, 0.5) is 11.4 Å². The first-order valence-corrected chi connectivity index (χ1v) is 11.9. The topological polar surface area (TPSA) is 144 Å². The third-order valence-electron chi connectivity index (χ3n) is 4.26. The van der Waals surface area contributed by atoms with Crippen molar-refractivity contribution in [3.8, 4) is 0 Å². The van der Waals surface area contributed by atoms with E-state index in [1.807, 2.05) is 0 Å². The van der Waals surface area contributed by atoms with Gasteiger partial charge in [0.2, 0.25) is 20.0 Å². The van der Waals surface area contributed by atoms with Crippen LogP contribution in [-0.2, 0) is 33.1 Å². The van der Waals surface area contributed by atoms with Crippen LogP contribution in [0.3, 0.4) is 0 Å². The molecule has 3 rings (SSSR count). The van der Waals surface area contributed by atoms with E-state index in [1.54, 1.807) is 48.5 Å². The molecule has 0 aliphatic carbocycles. The molecule has 3 aromatic carbocycles. The summed E-state index contributed by atoms with van der Waals surface area (Å²) in [5.74, 6) is 0. The van der Waals surface area contributed by atoms with Gasteiger partial charge in [-0.05, 0) is 47.5 Å². The number of hydrogen-bond acceptors (Lipinski definition) is 6. The van der Waals surface area contributed by atoms with Crippen LogP contribution in [0.15, 0.2) is 82.6 Å². The van der Waals surface area contributed by atoms with Crippen LogP contribution in [0.1, 0.15) is 11.1 Å². The molecule has 0 unspecified atom stereocenters. The van der Waals surface area contributed by atoms with Crippen molar-refractivity contribution in [3.63, 3.8) is 0 Å². The van der Waals surface area contributed by atoms with Crippen LogP contribution >= 0.6 is 0 Å². The Kier molecular flexibility index (Phi) is 6.42. The Hall–Kier alpha value is -2.92. The Morgan fingerprint density at radius 2 is 1.00 bits per heavy atom. The molecule has 0 aliphatic rings. The van der Waals surface area contributed by atoms with Crippen molar-refractivity contribution in [2.45, 2.75) is 22.9 Å². The van der Waals surface area contributed by atoms with Gasteiger partial charge >= 0.3 is 0 Å². The van der Waals surface area contributed by atoms with Crippen LogP contribution in [0.2, 0.25) is 0 Å². The fraction of sp³-hybridized carbons (Fsp3) is 0.100. The lowest BCUT2D eigenvalue weighted by molar-refractivity contribution is 0.580. The molecule has 0 saturated heterocycles. The quantitative estimate of drug-likeness (QED) is 0.388. The molecule has 0 spiro atoms. The van der Waals surface area contributed by atoms with Crippen LogP contribution < -0.4 is 20.9 Å². The molecule has 3 aromatic rings. The van der Waals surface area contributed by atoms with E-state index in [9.17, 15) is 16.8 Å². The number of benzene rings is 3. The molecule has 0 saturated carbocycles. The molecule has 0 radical (unpaired) electrons. The van der Waals surface area contributed by atoms with Gasteiger partial charge < -0.3 is 11.5 Å². The number of sulfonamides is 2. The van der Waals surface area contributed by atoms with Gasteiger partial charge in [0, 0.05) is 24.5 Å². The molecule has 0 aromatic heterocycles. The average Bonchev–Trinajstić information content (AvgIpc) is 2.71. The first-order valence-electron chi connectivity index (χ1n) is 8.94. The highest BCUT2D eigenvalue weighted by Crippen LogP contribution is 2.15. The van der Waals surface area contributed by atoms with Crippen LogP contribution in [-0.4, -0.2) is 16.8 Å². The molecular formula is C20H22N4O4S2. The molecule has 0 atom stereocenters. The van der Waals surface area contributed by atoms with E-state index >= 15 is 0 Å². The van der Waals surface area contributed by atoms with Crippen molar-refractivity contribution in [1.29, 1.82) is 0 Å². The largest absolute Gasteiger partial charge is 0.399 e. The molecule has 0 aliphatic heterocycles. The summed E-state index contributed by atoms with van der Waals surface area (Å²) in [6, 6.07) is 19.0. The molecule has 0 amide bonds. The molecule has 158 valence electrons. The maximum Gasteiger partial charge on any atom is 0.240 e. The number of nitrogens with two attached hydrogens (primary N) is 2. The van der Waals surface area contributed by atoms with E-state index in [1.165, 1.54) is 24.3 Å². The van der Waals surface area contributed by atoms with Crippen molar-refractivity contribution < 1.29 is 16.8 Å². The van der Waals surface area contributed by atoms with E-state index in [0.29, 0.717) is 22.5 Å². The van der Waals surface area contributed by atoms with Crippen molar-refractivity contribution >= 4 is 31.4 Å². The maximum absolute atomic E-state index is 12.4. The Labute approximate surface area is 176 Å². The molecule has 6 N–H and O–H groups in total. The highest BCUT2D eigenvalue weighted by Gasteiger charge is 2.15. The zero-order chi connectivity index (χ0) is 21.8. The third kappa shape index (κ3) is 5.57. The minimum atomic E-state index is -3.72. The second-order valence-electron chi connectivity index (χ2n) is 6.61. The molecule has 10 heteroatoms. The predicted octanol–water partition coefficient (Wildman–Crippen LogP) is 1.81. The minimum Gasteiger partial charge on any atom is -0.399 e. The second kappa shape index (κ2) is 8.84. The number of nitrogens with one attached hydrogen (secondary N) is 2. The predicted molar refractivity (Wildman–Crippen MR) is 116 cm³/mol. The Morgan fingerprint density at radius 3 is 1.40 bits per heavy atom.